The van der Waals surface area contributed by atoms with Gasteiger partial charge in [-0.2, -0.15) is 0 Å². The van der Waals surface area contributed by atoms with Gasteiger partial charge in [-0.3, -0.25) is 9.59 Å². The van der Waals surface area contributed by atoms with Gasteiger partial charge >= 0.3 is 11.9 Å². The molecule has 0 unspecified atom stereocenters. The van der Waals surface area contributed by atoms with Gasteiger partial charge in [0.1, 0.15) is 32.5 Å². The van der Waals surface area contributed by atoms with E-state index in [1.165, 1.54) is 55.1 Å². The maximum atomic E-state index is 13.2. The molecule has 0 spiro atoms. The fourth-order valence-electron chi connectivity index (χ4n) is 4.21. The van der Waals surface area contributed by atoms with Crippen molar-refractivity contribution in [3.63, 3.8) is 0 Å². The number of thiophene rings is 2. The summed E-state index contributed by atoms with van der Waals surface area (Å²) in [5.41, 5.74) is 3.05. The number of carbonyl (C=O) groups is 4. The summed E-state index contributed by atoms with van der Waals surface area (Å²) < 4.78 is 11.7. The molecule has 0 saturated carbocycles. The average Bonchev–Trinajstić information content (AvgIpc) is 3.65. The summed E-state index contributed by atoms with van der Waals surface area (Å²) in [5, 5.41) is 9.52. The van der Waals surface area contributed by atoms with Crippen molar-refractivity contribution in [1.29, 1.82) is 0 Å². The van der Waals surface area contributed by atoms with Crippen molar-refractivity contribution in [2.75, 3.05) is 24.9 Å². The van der Waals surface area contributed by atoms with Gasteiger partial charge in [0.15, 0.2) is 0 Å². The van der Waals surface area contributed by atoms with Crippen LogP contribution in [0.3, 0.4) is 0 Å². The number of hydrogen-bond donors (Lipinski definition) is 2. The van der Waals surface area contributed by atoms with E-state index in [0.717, 1.165) is 20.1 Å². The first kappa shape index (κ1) is 31.3. The van der Waals surface area contributed by atoms with E-state index in [1.54, 1.807) is 10.8 Å². The molecule has 0 aliphatic heterocycles. The van der Waals surface area contributed by atoms with Crippen LogP contribution in [0.5, 0.6) is 0 Å². The van der Waals surface area contributed by atoms with E-state index in [2.05, 4.69) is 47.5 Å². The lowest BCUT2D eigenvalue weighted by atomic mass is 10.0. The number of pyridine rings is 1. The van der Waals surface area contributed by atoms with E-state index in [9.17, 15) is 19.2 Å². The van der Waals surface area contributed by atoms with Gasteiger partial charge in [0.05, 0.1) is 14.2 Å². The smallest absolute Gasteiger partial charge is 0.341 e. The number of rotatable bonds is 8. The minimum atomic E-state index is -0.627. The Hall–Kier alpha value is -4.17. The van der Waals surface area contributed by atoms with Gasteiger partial charge in [0.2, 0.25) is 0 Å². The summed E-state index contributed by atoms with van der Waals surface area (Å²) in [6.45, 7) is 0. The Morgan fingerprint density at radius 3 is 1.39 bits per heavy atom. The quantitative estimate of drug-likeness (QED) is 0.153. The fourth-order valence-corrected chi connectivity index (χ4v) is 6.65. The second kappa shape index (κ2) is 13.6. The number of nitrogens with one attached hydrogen (secondary N) is 2. The van der Waals surface area contributed by atoms with Gasteiger partial charge < -0.3 is 20.1 Å². The minimum absolute atomic E-state index is 0.0537. The highest BCUT2D eigenvalue weighted by molar-refractivity contribution is 9.10. The third kappa shape index (κ3) is 6.65. The molecule has 0 saturated heterocycles. The van der Waals surface area contributed by atoms with Crippen molar-refractivity contribution in [3.8, 4) is 22.3 Å². The standard InChI is InChI=1S/C31H21Br2N3O6S2/c1-41-30(39)24-20(16-6-10-18(32)11-7-16)14-43-28(24)35-26(37)22-4-3-5-23(34-22)27(38)36-29-25(31(40)42-2)21(15-44-29)17-8-12-19(33)13-9-17/h3-15H,1-2H3,(H,35,37)(H,36,38). The van der Waals surface area contributed by atoms with E-state index < -0.39 is 23.8 Å². The van der Waals surface area contributed by atoms with Gasteiger partial charge in [0.25, 0.3) is 11.8 Å². The number of halogens is 2. The second-order valence-electron chi connectivity index (χ2n) is 9.02. The Labute approximate surface area is 276 Å². The molecule has 222 valence electrons. The molecule has 0 aliphatic carbocycles. The van der Waals surface area contributed by atoms with Crippen molar-refractivity contribution in [1.82, 2.24) is 4.98 Å². The Bertz CT molecular complexity index is 1750. The number of aromatic nitrogens is 1. The molecule has 44 heavy (non-hydrogen) atoms. The summed E-state index contributed by atoms with van der Waals surface area (Å²) >= 11 is 9.13. The van der Waals surface area contributed by atoms with E-state index in [-0.39, 0.29) is 32.5 Å². The molecule has 2 amide bonds. The Morgan fingerprint density at radius 2 is 1.02 bits per heavy atom. The first-order valence-electron chi connectivity index (χ1n) is 12.7. The van der Waals surface area contributed by atoms with E-state index in [4.69, 9.17) is 9.47 Å². The molecule has 5 rings (SSSR count). The third-order valence-corrected chi connectivity index (χ3v) is 9.19. The Morgan fingerprint density at radius 1 is 0.636 bits per heavy atom. The number of hydrogen-bond acceptors (Lipinski definition) is 9. The predicted octanol–water partition coefficient (Wildman–Crippen LogP) is 8.14. The molecule has 13 heteroatoms. The molecular weight excluding hydrogens is 734 g/mol. The van der Waals surface area contributed by atoms with Crippen LogP contribution in [0.2, 0.25) is 0 Å². The van der Waals surface area contributed by atoms with Crippen molar-refractivity contribution < 1.29 is 28.7 Å². The highest BCUT2D eigenvalue weighted by Crippen LogP contribution is 2.38. The summed E-state index contributed by atoms with van der Waals surface area (Å²) in [6, 6.07) is 19.2. The first-order valence-corrected chi connectivity index (χ1v) is 16.1. The van der Waals surface area contributed by atoms with Crippen molar-refractivity contribution in [2.45, 2.75) is 0 Å². The van der Waals surface area contributed by atoms with Crippen molar-refractivity contribution >= 4 is 88.3 Å². The molecule has 3 aromatic heterocycles. The predicted molar refractivity (Wildman–Crippen MR) is 178 cm³/mol. The minimum Gasteiger partial charge on any atom is -0.465 e. The number of anilines is 2. The monoisotopic (exact) mass is 753 g/mol. The van der Waals surface area contributed by atoms with E-state index >= 15 is 0 Å². The highest BCUT2D eigenvalue weighted by Gasteiger charge is 2.25. The van der Waals surface area contributed by atoms with Crippen LogP contribution in [-0.4, -0.2) is 43.0 Å². The molecule has 2 aromatic carbocycles. The van der Waals surface area contributed by atoms with Crippen molar-refractivity contribution in [3.05, 3.63) is 109 Å². The first-order chi connectivity index (χ1) is 21.2. The van der Waals surface area contributed by atoms with Crippen LogP contribution in [0.1, 0.15) is 41.7 Å². The lowest BCUT2D eigenvalue weighted by molar-refractivity contribution is 0.0594. The maximum Gasteiger partial charge on any atom is 0.341 e. The zero-order valence-electron chi connectivity index (χ0n) is 23.0. The lowest BCUT2D eigenvalue weighted by Gasteiger charge is -2.09. The lowest BCUT2D eigenvalue weighted by Crippen LogP contribution is -2.19. The van der Waals surface area contributed by atoms with Gasteiger partial charge in [-0.1, -0.05) is 62.2 Å². The van der Waals surface area contributed by atoms with E-state index in [1.807, 2.05) is 48.5 Å². The number of methoxy groups -OCH3 is 2. The van der Waals surface area contributed by atoms with Crippen LogP contribution in [0.4, 0.5) is 10.0 Å². The van der Waals surface area contributed by atoms with Crippen molar-refractivity contribution in [2.24, 2.45) is 0 Å². The number of amides is 2. The van der Waals surface area contributed by atoms with Crippen LogP contribution in [0, 0.1) is 0 Å². The zero-order valence-corrected chi connectivity index (χ0v) is 27.8. The molecule has 0 bridgehead atoms. The number of benzene rings is 2. The van der Waals surface area contributed by atoms with Crippen LogP contribution in [-0.2, 0) is 9.47 Å². The third-order valence-electron chi connectivity index (χ3n) is 6.34. The fraction of sp³-hybridized carbons (Fsp3) is 0.0645. The van der Waals surface area contributed by atoms with E-state index in [0.29, 0.717) is 11.1 Å². The molecule has 0 fully saturated rings. The molecule has 5 aromatic rings. The summed E-state index contributed by atoms with van der Waals surface area (Å²) in [5.74, 6) is -2.48. The van der Waals surface area contributed by atoms with Gasteiger partial charge in [0, 0.05) is 30.8 Å². The molecule has 2 N–H and O–H groups in total. The largest absolute Gasteiger partial charge is 0.465 e. The average molecular weight is 755 g/mol. The SMILES string of the molecule is COC(=O)c1c(-c2ccc(Br)cc2)csc1NC(=O)c1cccc(C(=O)Nc2scc(-c3ccc(Br)cc3)c2C(=O)OC)n1. The summed E-state index contributed by atoms with van der Waals surface area (Å²) in [6.07, 6.45) is 0. The molecule has 3 heterocycles. The molecule has 0 radical (unpaired) electrons. The number of ether oxygens (including phenoxy) is 2. The number of nitrogens with zero attached hydrogens (tertiary/aromatic N) is 1. The Kier molecular flexibility index (Phi) is 9.69. The number of carbonyl (C=O) groups excluding carboxylic acids is 4. The second-order valence-corrected chi connectivity index (χ2v) is 12.6. The molecule has 9 nitrogen and oxygen atoms in total. The maximum absolute atomic E-state index is 13.2. The summed E-state index contributed by atoms with van der Waals surface area (Å²) in [7, 11) is 2.53. The summed E-state index contributed by atoms with van der Waals surface area (Å²) in [4.78, 5) is 56.2. The van der Waals surface area contributed by atoms with Crippen LogP contribution >= 0.6 is 54.5 Å². The molecule has 0 aliphatic rings. The number of esters is 2. The van der Waals surface area contributed by atoms with Gasteiger partial charge in [-0.15, -0.1) is 22.7 Å². The van der Waals surface area contributed by atoms with Gasteiger partial charge in [-0.05, 0) is 47.5 Å². The molecule has 0 atom stereocenters. The highest BCUT2D eigenvalue weighted by atomic mass is 79.9. The Balaban J connectivity index is 1.39. The molecular formula is C31H21Br2N3O6S2. The normalized spacial score (nSPS) is 10.6. The van der Waals surface area contributed by atoms with Crippen LogP contribution < -0.4 is 10.6 Å². The van der Waals surface area contributed by atoms with Crippen LogP contribution in [0.25, 0.3) is 22.3 Å². The van der Waals surface area contributed by atoms with Crippen LogP contribution in [0.15, 0.2) is 86.4 Å². The zero-order chi connectivity index (χ0) is 31.4. The van der Waals surface area contributed by atoms with Gasteiger partial charge in [-0.25, -0.2) is 14.6 Å². The topological polar surface area (TPSA) is 124 Å².